The van der Waals surface area contributed by atoms with Gasteiger partial charge in [0.05, 0.1) is 6.54 Å². The molecule has 0 spiro atoms. The summed E-state index contributed by atoms with van der Waals surface area (Å²) in [6, 6.07) is 10.5. The van der Waals surface area contributed by atoms with E-state index in [-0.39, 0.29) is 11.9 Å². The fourth-order valence-electron chi connectivity index (χ4n) is 2.17. The van der Waals surface area contributed by atoms with Crippen molar-refractivity contribution in [2.24, 2.45) is 5.92 Å². The van der Waals surface area contributed by atoms with E-state index in [1.54, 1.807) is 0 Å². The number of hydrogen-bond donors (Lipinski definition) is 1. The molecule has 1 atom stereocenters. The Morgan fingerprint density at radius 1 is 1.15 bits per heavy atom. The van der Waals surface area contributed by atoms with Crippen LogP contribution < -0.4 is 5.32 Å². The van der Waals surface area contributed by atoms with Crippen LogP contribution in [-0.2, 0) is 11.3 Å². The van der Waals surface area contributed by atoms with E-state index in [0.717, 1.165) is 19.4 Å². The van der Waals surface area contributed by atoms with E-state index in [1.807, 2.05) is 30.1 Å². The fourth-order valence-corrected chi connectivity index (χ4v) is 2.17. The van der Waals surface area contributed by atoms with Gasteiger partial charge < -0.3 is 5.32 Å². The van der Waals surface area contributed by atoms with Crippen LogP contribution in [0.1, 0.15) is 39.2 Å². The van der Waals surface area contributed by atoms with Crippen LogP contribution in [0.2, 0.25) is 0 Å². The molecule has 1 rings (SSSR count). The van der Waals surface area contributed by atoms with Crippen molar-refractivity contribution < 1.29 is 4.79 Å². The Kier molecular flexibility index (Phi) is 7.31. The highest BCUT2D eigenvalue weighted by atomic mass is 16.2. The molecule has 112 valence electrons. The van der Waals surface area contributed by atoms with Gasteiger partial charge in [-0.25, -0.2) is 0 Å². The summed E-state index contributed by atoms with van der Waals surface area (Å²) in [4.78, 5) is 14.0. The zero-order valence-electron chi connectivity index (χ0n) is 13.2. The summed E-state index contributed by atoms with van der Waals surface area (Å²) in [5.41, 5.74) is 1.23. The SMILES string of the molecule is CC(C)CCC(C)NC(=O)CN(C)Cc1ccccc1. The third kappa shape index (κ3) is 7.29. The van der Waals surface area contributed by atoms with Crippen molar-refractivity contribution in [2.75, 3.05) is 13.6 Å². The number of nitrogens with one attached hydrogen (secondary N) is 1. The van der Waals surface area contributed by atoms with Crippen molar-refractivity contribution in [3.05, 3.63) is 35.9 Å². The number of benzene rings is 1. The van der Waals surface area contributed by atoms with Crippen LogP contribution in [-0.4, -0.2) is 30.4 Å². The van der Waals surface area contributed by atoms with E-state index in [9.17, 15) is 4.79 Å². The van der Waals surface area contributed by atoms with Gasteiger partial charge in [-0.15, -0.1) is 0 Å². The van der Waals surface area contributed by atoms with Crippen LogP contribution in [0.15, 0.2) is 30.3 Å². The van der Waals surface area contributed by atoms with E-state index in [2.05, 4.69) is 38.2 Å². The lowest BCUT2D eigenvalue weighted by atomic mass is 10.0. The third-order valence-corrected chi connectivity index (χ3v) is 3.29. The van der Waals surface area contributed by atoms with E-state index in [1.165, 1.54) is 5.56 Å². The lowest BCUT2D eigenvalue weighted by Gasteiger charge is -2.19. The Hall–Kier alpha value is -1.35. The Bertz CT molecular complexity index is 389. The van der Waals surface area contributed by atoms with Crippen LogP contribution in [0.4, 0.5) is 0 Å². The second-order valence-electron chi connectivity index (χ2n) is 6.10. The number of carbonyl (C=O) groups excluding carboxylic acids is 1. The quantitative estimate of drug-likeness (QED) is 0.791. The zero-order chi connectivity index (χ0) is 15.0. The second kappa shape index (κ2) is 8.75. The molecule has 1 unspecified atom stereocenters. The van der Waals surface area contributed by atoms with Gasteiger partial charge in [0.2, 0.25) is 5.91 Å². The molecule has 0 aliphatic carbocycles. The van der Waals surface area contributed by atoms with Crippen LogP contribution in [0.25, 0.3) is 0 Å². The van der Waals surface area contributed by atoms with Crippen molar-refractivity contribution in [1.82, 2.24) is 10.2 Å². The highest BCUT2D eigenvalue weighted by Gasteiger charge is 2.10. The van der Waals surface area contributed by atoms with Gasteiger partial charge in [-0.2, -0.15) is 0 Å². The first-order chi connectivity index (χ1) is 9.47. The van der Waals surface area contributed by atoms with Gasteiger partial charge in [0.15, 0.2) is 0 Å². The first-order valence-corrected chi connectivity index (χ1v) is 7.49. The molecule has 0 heterocycles. The van der Waals surface area contributed by atoms with Crippen LogP contribution in [0.3, 0.4) is 0 Å². The Morgan fingerprint density at radius 3 is 2.40 bits per heavy atom. The van der Waals surface area contributed by atoms with Crippen LogP contribution in [0.5, 0.6) is 0 Å². The molecular weight excluding hydrogens is 248 g/mol. The highest BCUT2D eigenvalue weighted by molar-refractivity contribution is 5.78. The van der Waals surface area contributed by atoms with Gasteiger partial charge in [-0.05, 0) is 38.3 Å². The number of amides is 1. The maximum absolute atomic E-state index is 11.9. The molecule has 1 amide bonds. The largest absolute Gasteiger partial charge is 0.353 e. The number of nitrogens with zero attached hydrogens (tertiary/aromatic N) is 1. The molecule has 0 bridgehead atoms. The minimum absolute atomic E-state index is 0.111. The van der Waals surface area contributed by atoms with E-state index < -0.39 is 0 Å². The molecule has 0 aromatic heterocycles. The molecule has 0 saturated heterocycles. The molecule has 3 nitrogen and oxygen atoms in total. The molecule has 0 aliphatic heterocycles. The minimum Gasteiger partial charge on any atom is -0.353 e. The molecule has 3 heteroatoms. The maximum Gasteiger partial charge on any atom is 0.234 e. The predicted molar refractivity (Wildman–Crippen MR) is 84.5 cm³/mol. The molecule has 0 saturated carbocycles. The van der Waals surface area contributed by atoms with Crippen molar-refractivity contribution >= 4 is 5.91 Å². The summed E-state index contributed by atoms with van der Waals surface area (Å²) in [6.07, 6.45) is 2.20. The Labute approximate surface area is 123 Å². The van der Waals surface area contributed by atoms with Crippen molar-refractivity contribution in [3.63, 3.8) is 0 Å². The maximum atomic E-state index is 11.9. The van der Waals surface area contributed by atoms with E-state index in [0.29, 0.717) is 12.5 Å². The average molecular weight is 276 g/mol. The smallest absolute Gasteiger partial charge is 0.234 e. The molecule has 1 aromatic rings. The van der Waals surface area contributed by atoms with Gasteiger partial charge in [0.1, 0.15) is 0 Å². The standard InChI is InChI=1S/C17H28N2O/c1-14(2)10-11-15(3)18-17(20)13-19(4)12-16-8-6-5-7-9-16/h5-9,14-15H,10-13H2,1-4H3,(H,18,20). The highest BCUT2D eigenvalue weighted by Crippen LogP contribution is 2.06. The Morgan fingerprint density at radius 2 is 1.80 bits per heavy atom. The molecule has 0 radical (unpaired) electrons. The number of rotatable bonds is 8. The molecule has 0 aliphatic rings. The van der Waals surface area contributed by atoms with Gasteiger partial charge in [-0.1, -0.05) is 44.2 Å². The van der Waals surface area contributed by atoms with Crippen LogP contribution >= 0.6 is 0 Å². The molecule has 20 heavy (non-hydrogen) atoms. The summed E-state index contributed by atoms with van der Waals surface area (Å²) < 4.78 is 0. The lowest BCUT2D eigenvalue weighted by Crippen LogP contribution is -2.39. The number of likely N-dealkylation sites (N-methyl/N-ethyl adjacent to an activating group) is 1. The lowest BCUT2D eigenvalue weighted by molar-refractivity contribution is -0.122. The van der Waals surface area contributed by atoms with Gasteiger partial charge in [-0.3, -0.25) is 9.69 Å². The predicted octanol–water partition coefficient (Wildman–Crippen LogP) is 3.06. The number of hydrogen-bond acceptors (Lipinski definition) is 2. The zero-order valence-corrected chi connectivity index (χ0v) is 13.2. The summed E-state index contributed by atoms with van der Waals surface area (Å²) in [5.74, 6) is 0.801. The van der Waals surface area contributed by atoms with Gasteiger partial charge >= 0.3 is 0 Å². The monoisotopic (exact) mass is 276 g/mol. The summed E-state index contributed by atoms with van der Waals surface area (Å²) in [5, 5.41) is 3.07. The van der Waals surface area contributed by atoms with E-state index in [4.69, 9.17) is 0 Å². The summed E-state index contributed by atoms with van der Waals surface area (Å²) >= 11 is 0. The number of carbonyl (C=O) groups is 1. The first kappa shape index (κ1) is 16.7. The van der Waals surface area contributed by atoms with Crippen molar-refractivity contribution in [3.8, 4) is 0 Å². The fraction of sp³-hybridized carbons (Fsp3) is 0.588. The van der Waals surface area contributed by atoms with Crippen molar-refractivity contribution in [2.45, 2.75) is 46.2 Å². The van der Waals surface area contributed by atoms with Gasteiger partial charge in [0, 0.05) is 12.6 Å². The first-order valence-electron chi connectivity index (χ1n) is 7.49. The molecule has 1 N–H and O–H groups in total. The Balaban J connectivity index is 2.27. The van der Waals surface area contributed by atoms with Crippen molar-refractivity contribution in [1.29, 1.82) is 0 Å². The summed E-state index contributed by atoms with van der Waals surface area (Å²) in [6.45, 7) is 7.75. The second-order valence-corrected chi connectivity index (χ2v) is 6.10. The molecule has 1 aromatic carbocycles. The normalized spacial score (nSPS) is 12.7. The van der Waals surface area contributed by atoms with Gasteiger partial charge in [0.25, 0.3) is 0 Å². The molecular formula is C17H28N2O. The van der Waals surface area contributed by atoms with Crippen LogP contribution in [0, 0.1) is 5.92 Å². The summed E-state index contributed by atoms with van der Waals surface area (Å²) in [7, 11) is 1.98. The minimum atomic E-state index is 0.111. The van der Waals surface area contributed by atoms with E-state index >= 15 is 0 Å². The topological polar surface area (TPSA) is 32.3 Å². The average Bonchev–Trinajstić information content (AvgIpc) is 2.37. The third-order valence-electron chi connectivity index (χ3n) is 3.29. The molecule has 0 fully saturated rings.